The highest BCUT2D eigenvalue weighted by atomic mass is 19.2. The highest BCUT2D eigenvalue weighted by molar-refractivity contribution is 5.32. The molecular weight excluding hydrogens is 497 g/mol. The summed E-state index contributed by atoms with van der Waals surface area (Å²) in [5.74, 6) is -0.276. The van der Waals surface area contributed by atoms with Crippen molar-refractivity contribution in [3.05, 3.63) is 77.1 Å². The predicted molar refractivity (Wildman–Crippen MR) is 152 cm³/mol. The number of benzene rings is 2. The smallest absolute Gasteiger partial charge is 0.165 e. The molecule has 2 nitrogen and oxygen atoms in total. The first-order valence-corrected chi connectivity index (χ1v) is 15.1. The van der Waals surface area contributed by atoms with Crippen LogP contribution >= 0.6 is 0 Å². The zero-order valence-electron chi connectivity index (χ0n) is 23.4. The zero-order valence-corrected chi connectivity index (χ0v) is 23.4. The summed E-state index contributed by atoms with van der Waals surface area (Å²) >= 11 is 0. The van der Waals surface area contributed by atoms with E-state index in [1.165, 1.54) is 0 Å². The number of hydrogen-bond acceptors (Lipinski definition) is 2. The van der Waals surface area contributed by atoms with Crippen LogP contribution in [0, 0.1) is 29.3 Å². The van der Waals surface area contributed by atoms with Gasteiger partial charge in [-0.2, -0.15) is 0 Å². The second kappa shape index (κ2) is 14.4. The molecule has 2 saturated carbocycles. The molecule has 214 valence electrons. The molecule has 2 aromatic carbocycles. The van der Waals surface area contributed by atoms with E-state index in [0.29, 0.717) is 42.4 Å². The Hall–Kier alpha value is -2.27. The topological polar surface area (TPSA) is 29.5 Å². The summed E-state index contributed by atoms with van der Waals surface area (Å²) in [5.41, 5.74) is 1.99. The van der Waals surface area contributed by atoms with E-state index in [-0.39, 0.29) is 29.5 Å². The van der Waals surface area contributed by atoms with Crippen molar-refractivity contribution in [1.82, 2.24) is 0 Å². The van der Waals surface area contributed by atoms with Crippen LogP contribution in [-0.2, 0) is 6.42 Å². The van der Waals surface area contributed by atoms with Crippen molar-refractivity contribution in [2.45, 2.75) is 108 Å². The lowest BCUT2D eigenvalue weighted by molar-refractivity contribution is 0.0727. The van der Waals surface area contributed by atoms with Crippen molar-refractivity contribution in [3.63, 3.8) is 0 Å². The summed E-state index contributed by atoms with van der Waals surface area (Å²) in [6, 6.07) is 8.89. The van der Waals surface area contributed by atoms with Crippen LogP contribution in [0.3, 0.4) is 0 Å². The van der Waals surface area contributed by atoms with E-state index in [1.807, 2.05) is 6.07 Å². The van der Waals surface area contributed by atoms with Crippen LogP contribution in [0.1, 0.15) is 112 Å². The second-order valence-corrected chi connectivity index (χ2v) is 11.8. The minimum atomic E-state index is -0.680. The molecule has 1 atom stereocenters. The molecule has 1 N–H and O–H groups in total. The molecular formula is C34H45F3O2. The van der Waals surface area contributed by atoms with Gasteiger partial charge in [0.1, 0.15) is 0 Å². The zero-order chi connectivity index (χ0) is 27.8. The van der Waals surface area contributed by atoms with Crippen molar-refractivity contribution < 1.29 is 23.0 Å². The lowest BCUT2D eigenvalue weighted by Crippen LogP contribution is -2.25. The lowest BCUT2D eigenvalue weighted by Gasteiger charge is -2.32. The van der Waals surface area contributed by atoms with Gasteiger partial charge in [-0.05, 0) is 130 Å². The summed E-state index contributed by atoms with van der Waals surface area (Å²) in [7, 11) is 0. The third kappa shape index (κ3) is 7.68. The average molecular weight is 543 g/mol. The second-order valence-electron chi connectivity index (χ2n) is 11.8. The summed E-state index contributed by atoms with van der Waals surface area (Å²) in [6.07, 6.45) is 12.6. The molecule has 39 heavy (non-hydrogen) atoms. The number of aliphatic hydroxyl groups excluding tert-OH is 1. The number of ether oxygens (including phenoxy) is 1. The molecule has 0 amide bonds. The van der Waals surface area contributed by atoms with E-state index in [0.717, 1.165) is 76.2 Å². The Morgan fingerprint density at radius 2 is 1.67 bits per heavy atom. The SMILES string of the molecule is C=CCCOc1ccc(C2CCC(CCc3ccc(C4CCC(C(O)CCC)CC4)c(F)c3F)CC2)cc1F. The molecule has 0 heterocycles. The van der Waals surface area contributed by atoms with Crippen LogP contribution in [0.5, 0.6) is 5.75 Å². The number of aliphatic hydroxyl groups is 1. The van der Waals surface area contributed by atoms with Gasteiger partial charge in [-0.3, -0.25) is 0 Å². The van der Waals surface area contributed by atoms with Crippen LogP contribution in [0.15, 0.2) is 43.0 Å². The molecule has 4 rings (SSSR count). The van der Waals surface area contributed by atoms with Gasteiger partial charge in [-0.25, -0.2) is 13.2 Å². The Balaban J connectivity index is 1.25. The minimum Gasteiger partial charge on any atom is -0.490 e. The first-order valence-electron chi connectivity index (χ1n) is 15.1. The molecule has 0 bridgehead atoms. The number of halogens is 3. The maximum absolute atomic E-state index is 15.1. The van der Waals surface area contributed by atoms with Crippen molar-refractivity contribution in [2.75, 3.05) is 6.61 Å². The minimum absolute atomic E-state index is 0.0338. The molecule has 0 aliphatic heterocycles. The maximum Gasteiger partial charge on any atom is 0.165 e. The van der Waals surface area contributed by atoms with Gasteiger partial charge < -0.3 is 9.84 Å². The number of aryl methyl sites for hydroxylation is 1. The van der Waals surface area contributed by atoms with Gasteiger partial charge in [0, 0.05) is 0 Å². The van der Waals surface area contributed by atoms with Gasteiger partial charge in [0.15, 0.2) is 23.2 Å². The fourth-order valence-electron chi connectivity index (χ4n) is 6.74. The van der Waals surface area contributed by atoms with Gasteiger partial charge in [0.2, 0.25) is 0 Å². The number of hydrogen-bond donors (Lipinski definition) is 1. The van der Waals surface area contributed by atoms with Gasteiger partial charge in [0.25, 0.3) is 0 Å². The molecule has 0 aromatic heterocycles. The van der Waals surface area contributed by atoms with Crippen molar-refractivity contribution in [3.8, 4) is 5.75 Å². The van der Waals surface area contributed by atoms with Crippen molar-refractivity contribution >= 4 is 0 Å². The molecule has 5 heteroatoms. The van der Waals surface area contributed by atoms with Crippen LogP contribution in [-0.4, -0.2) is 17.8 Å². The Morgan fingerprint density at radius 3 is 2.33 bits per heavy atom. The first-order chi connectivity index (χ1) is 18.9. The Labute approximate surface area is 232 Å². The standard InChI is InChI=1S/C34H45F3O2/c1-3-5-21-39-32-20-18-28(22-30(32)35)24-10-7-23(8-11-24)9-12-27-17-19-29(34(37)33(27)36)25-13-15-26(16-14-25)31(38)6-4-2/h3,17-20,22-26,31,38H,1,4-16,21H2,2H3. The summed E-state index contributed by atoms with van der Waals surface area (Å²) in [4.78, 5) is 0. The van der Waals surface area contributed by atoms with E-state index >= 15 is 8.78 Å². The van der Waals surface area contributed by atoms with E-state index in [2.05, 4.69) is 13.5 Å². The fraction of sp³-hybridized carbons (Fsp3) is 0.588. The molecule has 0 spiro atoms. The molecule has 0 saturated heterocycles. The highest BCUT2D eigenvalue weighted by Gasteiger charge is 2.30. The summed E-state index contributed by atoms with van der Waals surface area (Å²) in [5, 5.41) is 10.3. The third-order valence-electron chi connectivity index (χ3n) is 9.21. The molecule has 2 aliphatic carbocycles. The predicted octanol–water partition coefficient (Wildman–Crippen LogP) is 9.40. The van der Waals surface area contributed by atoms with Gasteiger partial charge >= 0.3 is 0 Å². The molecule has 2 aliphatic rings. The number of rotatable bonds is 12. The molecule has 2 aromatic rings. The van der Waals surface area contributed by atoms with E-state index in [4.69, 9.17) is 4.74 Å². The van der Waals surface area contributed by atoms with Crippen LogP contribution in [0.4, 0.5) is 13.2 Å². The first kappa shape index (κ1) is 29.7. The summed E-state index contributed by atoms with van der Waals surface area (Å²) in [6.45, 7) is 6.14. The van der Waals surface area contributed by atoms with Crippen molar-refractivity contribution in [2.24, 2.45) is 11.8 Å². The Kier molecular flexibility index (Phi) is 11.0. The van der Waals surface area contributed by atoms with Gasteiger partial charge in [-0.15, -0.1) is 6.58 Å². The van der Waals surface area contributed by atoms with Crippen LogP contribution in [0.25, 0.3) is 0 Å². The fourth-order valence-corrected chi connectivity index (χ4v) is 6.74. The quantitative estimate of drug-likeness (QED) is 0.214. The van der Waals surface area contributed by atoms with Gasteiger partial charge in [-0.1, -0.05) is 37.6 Å². The van der Waals surface area contributed by atoms with Gasteiger partial charge in [0.05, 0.1) is 12.7 Å². The Morgan fingerprint density at radius 1 is 0.949 bits per heavy atom. The van der Waals surface area contributed by atoms with E-state index in [1.54, 1.807) is 30.3 Å². The van der Waals surface area contributed by atoms with Crippen molar-refractivity contribution in [1.29, 1.82) is 0 Å². The molecule has 2 fully saturated rings. The normalized spacial score (nSPS) is 24.3. The van der Waals surface area contributed by atoms with E-state index < -0.39 is 11.6 Å². The molecule has 1 unspecified atom stereocenters. The van der Waals surface area contributed by atoms with E-state index in [9.17, 15) is 9.50 Å². The largest absolute Gasteiger partial charge is 0.490 e. The van der Waals surface area contributed by atoms with Crippen LogP contribution in [0.2, 0.25) is 0 Å². The lowest BCUT2D eigenvalue weighted by atomic mass is 9.75. The highest BCUT2D eigenvalue weighted by Crippen LogP contribution is 2.41. The Bertz CT molecular complexity index is 1070. The monoisotopic (exact) mass is 542 g/mol. The average Bonchev–Trinajstić information content (AvgIpc) is 2.95. The van der Waals surface area contributed by atoms with Crippen LogP contribution < -0.4 is 4.74 Å². The summed E-state index contributed by atoms with van der Waals surface area (Å²) < 4.78 is 50.1. The molecule has 0 radical (unpaired) electrons. The third-order valence-corrected chi connectivity index (χ3v) is 9.21. The maximum atomic E-state index is 15.1.